The summed E-state index contributed by atoms with van der Waals surface area (Å²) in [7, 11) is 0. The maximum absolute atomic E-state index is 11.3. The summed E-state index contributed by atoms with van der Waals surface area (Å²) in [4.78, 5) is 11.3. The topological polar surface area (TPSA) is 37.3 Å². The summed E-state index contributed by atoms with van der Waals surface area (Å²) in [6.07, 6.45) is 1.82. The van der Waals surface area contributed by atoms with E-state index in [1.807, 2.05) is 27.7 Å². The molecule has 0 aromatic rings. The summed E-state index contributed by atoms with van der Waals surface area (Å²) < 4.78 is 0. The number of ketones is 1. The third-order valence-electron chi connectivity index (χ3n) is 2.86. The van der Waals surface area contributed by atoms with Gasteiger partial charge in [0.15, 0.2) is 0 Å². The van der Waals surface area contributed by atoms with Gasteiger partial charge >= 0.3 is 0 Å². The summed E-state index contributed by atoms with van der Waals surface area (Å²) in [5.74, 6) is -0.0706. The maximum Gasteiger partial charge on any atom is 0.138 e. The highest BCUT2D eigenvalue weighted by Gasteiger charge is 2.33. The van der Waals surface area contributed by atoms with Crippen molar-refractivity contribution in [1.82, 2.24) is 0 Å². The van der Waals surface area contributed by atoms with E-state index in [0.717, 1.165) is 0 Å². The maximum atomic E-state index is 11.3. The van der Waals surface area contributed by atoms with Crippen LogP contribution in [0.3, 0.4) is 0 Å². The Kier molecular flexibility index (Phi) is 4.46. The van der Waals surface area contributed by atoms with Gasteiger partial charge in [-0.15, -0.1) is 0 Å². The number of hydrogen-bond donors (Lipinski definition) is 1. The van der Waals surface area contributed by atoms with Crippen LogP contribution in [0.25, 0.3) is 0 Å². The van der Waals surface area contributed by atoms with Gasteiger partial charge in [-0.3, -0.25) is 4.79 Å². The molecule has 0 fully saturated rings. The fraction of sp³-hybridized carbons (Fsp3) is 0.900. The summed E-state index contributed by atoms with van der Waals surface area (Å²) >= 11 is 0. The van der Waals surface area contributed by atoms with Crippen LogP contribution in [-0.2, 0) is 4.79 Å². The van der Waals surface area contributed by atoms with Crippen LogP contribution in [0.15, 0.2) is 0 Å². The Labute approximate surface area is 75.0 Å². The molecule has 0 saturated heterocycles. The van der Waals surface area contributed by atoms with Crippen molar-refractivity contribution in [3.05, 3.63) is 0 Å². The minimum Gasteiger partial charge on any atom is -0.389 e. The number of aliphatic hydroxyl groups is 1. The zero-order chi connectivity index (χ0) is 9.78. The van der Waals surface area contributed by atoms with Crippen LogP contribution < -0.4 is 0 Å². The van der Waals surface area contributed by atoms with Crippen molar-refractivity contribution < 1.29 is 9.90 Å². The first kappa shape index (κ1) is 11.6. The first-order valence-corrected chi connectivity index (χ1v) is 4.76. The lowest BCUT2D eigenvalue weighted by Crippen LogP contribution is -2.39. The van der Waals surface area contributed by atoms with Gasteiger partial charge in [0, 0.05) is 12.3 Å². The van der Waals surface area contributed by atoms with Crippen molar-refractivity contribution in [1.29, 1.82) is 0 Å². The van der Waals surface area contributed by atoms with Gasteiger partial charge in [0.25, 0.3) is 0 Å². The van der Waals surface area contributed by atoms with Gasteiger partial charge in [-0.2, -0.15) is 0 Å². The second-order valence-corrected chi connectivity index (χ2v) is 3.35. The van der Waals surface area contributed by atoms with E-state index in [1.165, 1.54) is 0 Å². The molecule has 0 heterocycles. The average molecular weight is 172 g/mol. The molecule has 0 radical (unpaired) electrons. The van der Waals surface area contributed by atoms with Gasteiger partial charge in [0.2, 0.25) is 0 Å². The van der Waals surface area contributed by atoms with Crippen molar-refractivity contribution in [2.75, 3.05) is 0 Å². The molecule has 12 heavy (non-hydrogen) atoms. The summed E-state index contributed by atoms with van der Waals surface area (Å²) in [5.41, 5.74) is -0.785. The van der Waals surface area contributed by atoms with Crippen molar-refractivity contribution in [2.45, 2.75) is 52.6 Å². The predicted octanol–water partition coefficient (Wildman–Crippen LogP) is 2.15. The molecular formula is C10H20O2. The summed E-state index contributed by atoms with van der Waals surface area (Å²) in [6, 6.07) is 0. The fourth-order valence-corrected chi connectivity index (χ4v) is 1.47. The molecule has 0 aliphatic heterocycles. The van der Waals surface area contributed by atoms with Crippen LogP contribution in [0.1, 0.15) is 47.0 Å². The van der Waals surface area contributed by atoms with Crippen molar-refractivity contribution in [3.63, 3.8) is 0 Å². The van der Waals surface area contributed by atoms with E-state index in [9.17, 15) is 9.90 Å². The SMILES string of the molecule is CCC(=O)C(C)C(O)(CC)CC. The molecular weight excluding hydrogens is 152 g/mol. The lowest BCUT2D eigenvalue weighted by molar-refractivity contribution is -0.131. The highest BCUT2D eigenvalue weighted by atomic mass is 16.3. The smallest absolute Gasteiger partial charge is 0.138 e. The predicted molar refractivity (Wildman–Crippen MR) is 50.0 cm³/mol. The number of carbonyl (C=O) groups is 1. The third kappa shape index (κ3) is 2.31. The number of hydrogen-bond acceptors (Lipinski definition) is 2. The molecule has 2 heteroatoms. The number of carbonyl (C=O) groups excluding carboxylic acids is 1. The standard InChI is InChI=1S/C10H20O2/c1-5-9(11)8(4)10(12,6-2)7-3/h8,12H,5-7H2,1-4H3. The van der Waals surface area contributed by atoms with E-state index in [0.29, 0.717) is 19.3 Å². The Balaban J connectivity index is 4.40. The van der Waals surface area contributed by atoms with Crippen LogP contribution in [0, 0.1) is 5.92 Å². The van der Waals surface area contributed by atoms with E-state index in [1.54, 1.807) is 0 Å². The Morgan fingerprint density at radius 3 is 2.00 bits per heavy atom. The molecule has 0 aromatic heterocycles. The summed E-state index contributed by atoms with van der Waals surface area (Å²) in [5, 5.41) is 9.98. The van der Waals surface area contributed by atoms with Crippen LogP contribution in [0.4, 0.5) is 0 Å². The van der Waals surface area contributed by atoms with Crippen LogP contribution in [-0.4, -0.2) is 16.5 Å². The molecule has 1 N–H and O–H groups in total. The number of Topliss-reactive ketones (excluding diaryl/α,β-unsaturated/α-hetero) is 1. The third-order valence-corrected chi connectivity index (χ3v) is 2.86. The minimum absolute atomic E-state index is 0.154. The second kappa shape index (κ2) is 4.61. The molecule has 0 aliphatic rings. The summed E-state index contributed by atoms with van der Waals surface area (Å²) in [6.45, 7) is 7.50. The van der Waals surface area contributed by atoms with Crippen molar-refractivity contribution >= 4 is 5.78 Å². The molecule has 1 unspecified atom stereocenters. The van der Waals surface area contributed by atoms with Gasteiger partial charge in [-0.05, 0) is 12.8 Å². The Hall–Kier alpha value is -0.370. The van der Waals surface area contributed by atoms with Crippen molar-refractivity contribution in [2.24, 2.45) is 5.92 Å². The molecule has 72 valence electrons. The Morgan fingerprint density at radius 2 is 1.75 bits per heavy atom. The largest absolute Gasteiger partial charge is 0.389 e. The molecule has 2 nitrogen and oxygen atoms in total. The van der Waals surface area contributed by atoms with E-state index in [2.05, 4.69) is 0 Å². The molecule has 0 aromatic carbocycles. The molecule has 1 atom stereocenters. The molecule has 0 bridgehead atoms. The van der Waals surface area contributed by atoms with E-state index < -0.39 is 5.60 Å². The first-order valence-electron chi connectivity index (χ1n) is 4.76. The van der Waals surface area contributed by atoms with Crippen LogP contribution in [0.5, 0.6) is 0 Å². The highest BCUT2D eigenvalue weighted by molar-refractivity contribution is 5.81. The van der Waals surface area contributed by atoms with Gasteiger partial charge in [0.05, 0.1) is 5.60 Å². The zero-order valence-electron chi connectivity index (χ0n) is 8.55. The quantitative estimate of drug-likeness (QED) is 0.690. The molecule has 0 amide bonds. The first-order chi connectivity index (χ1) is 5.51. The highest BCUT2D eigenvalue weighted by Crippen LogP contribution is 2.26. The minimum atomic E-state index is -0.785. The van der Waals surface area contributed by atoms with Crippen LogP contribution >= 0.6 is 0 Å². The Morgan fingerprint density at radius 1 is 1.33 bits per heavy atom. The average Bonchev–Trinajstić information content (AvgIpc) is 2.14. The molecule has 0 rings (SSSR count). The number of rotatable bonds is 5. The fourth-order valence-electron chi connectivity index (χ4n) is 1.47. The van der Waals surface area contributed by atoms with E-state index in [-0.39, 0.29) is 11.7 Å². The van der Waals surface area contributed by atoms with E-state index in [4.69, 9.17) is 0 Å². The van der Waals surface area contributed by atoms with Crippen molar-refractivity contribution in [3.8, 4) is 0 Å². The Bertz CT molecular complexity index is 148. The molecule has 0 spiro atoms. The van der Waals surface area contributed by atoms with Gasteiger partial charge < -0.3 is 5.11 Å². The molecule has 0 aliphatic carbocycles. The zero-order valence-corrected chi connectivity index (χ0v) is 8.55. The van der Waals surface area contributed by atoms with Crippen LogP contribution in [0.2, 0.25) is 0 Å². The lowest BCUT2D eigenvalue weighted by atomic mass is 9.81. The van der Waals surface area contributed by atoms with Gasteiger partial charge in [-0.1, -0.05) is 27.7 Å². The lowest BCUT2D eigenvalue weighted by Gasteiger charge is -2.30. The molecule has 0 saturated carbocycles. The van der Waals surface area contributed by atoms with E-state index >= 15 is 0 Å². The van der Waals surface area contributed by atoms with Gasteiger partial charge in [0.1, 0.15) is 5.78 Å². The second-order valence-electron chi connectivity index (χ2n) is 3.35. The monoisotopic (exact) mass is 172 g/mol. The van der Waals surface area contributed by atoms with Gasteiger partial charge in [-0.25, -0.2) is 0 Å². The normalized spacial score (nSPS) is 14.4.